The topological polar surface area (TPSA) is 38.5 Å². The summed E-state index contributed by atoms with van der Waals surface area (Å²) in [6, 6.07) is 4.41. The molecule has 1 aromatic rings. The molecule has 1 aliphatic rings. The highest BCUT2D eigenvalue weighted by Crippen LogP contribution is 2.35. The van der Waals surface area contributed by atoms with Gasteiger partial charge < -0.3 is 15.4 Å². The Kier molecular flexibility index (Phi) is 4.25. The molecular formula is C14H19F3N2O. The number of hydrogen-bond acceptors (Lipinski definition) is 3. The molecule has 0 spiro atoms. The molecule has 1 heterocycles. The molecule has 1 aliphatic heterocycles. The van der Waals surface area contributed by atoms with Crippen LogP contribution >= 0.6 is 0 Å². The summed E-state index contributed by atoms with van der Waals surface area (Å²) in [5.41, 5.74) is 5.38. The molecule has 20 heavy (non-hydrogen) atoms. The van der Waals surface area contributed by atoms with E-state index in [1.54, 1.807) is 13.1 Å². The molecule has 2 N–H and O–H groups in total. The fourth-order valence-corrected chi connectivity index (χ4v) is 2.65. The fourth-order valence-electron chi connectivity index (χ4n) is 2.65. The predicted molar refractivity (Wildman–Crippen MR) is 71.6 cm³/mol. The lowest BCUT2D eigenvalue weighted by molar-refractivity contribution is -0.138. The molecule has 0 amide bonds. The molecule has 2 unspecified atom stereocenters. The molecule has 2 atom stereocenters. The molecule has 1 fully saturated rings. The molecule has 0 saturated carbocycles. The number of ether oxygens (including phenoxy) is 1. The first-order valence-corrected chi connectivity index (χ1v) is 6.59. The van der Waals surface area contributed by atoms with Gasteiger partial charge in [-0.1, -0.05) is 6.07 Å². The summed E-state index contributed by atoms with van der Waals surface area (Å²) >= 11 is 0. The summed E-state index contributed by atoms with van der Waals surface area (Å²) in [7, 11) is 1.80. The van der Waals surface area contributed by atoms with Crippen LogP contribution in [-0.2, 0) is 17.5 Å². The minimum atomic E-state index is -4.39. The zero-order valence-electron chi connectivity index (χ0n) is 11.6. The van der Waals surface area contributed by atoms with E-state index in [0.717, 1.165) is 6.42 Å². The monoisotopic (exact) mass is 288 g/mol. The summed E-state index contributed by atoms with van der Waals surface area (Å²) in [4.78, 5) is 1.85. The maximum atomic E-state index is 13.0. The van der Waals surface area contributed by atoms with Gasteiger partial charge in [-0.3, -0.25) is 0 Å². The lowest BCUT2D eigenvalue weighted by atomic mass is 10.0. The molecule has 2 rings (SSSR count). The van der Waals surface area contributed by atoms with E-state index in [2.05, 4.69) is 0 Å². The van der Waals surface area contributed by atoms with Crippen molar-refractivity contribution in [2.24, 2.45) is 5.73 Å². The highest BCUT2D eigenvalue weighted by Gasteiger charge is 2.34. The van der Waals surface area contributed by atoms with Gasteiger partial charge in [0, 0.05) is 25.9 Å². The molecule has 0 bridgehead atoms. The van der Waals surface area contributed by atoms with Crippen LogP contribution in [0.1, 0.15) is 24.5 Å². The minimum absolute atomic E-state index is 0.0171. The van der Waals surface area contributed by atoms with Gasteiger partial charge in [-0.05, 0) is 31.0 Å². The van der Waals surface area contributed by atoms with E-state index in [1.165, 1.54) is 12.1 Å². The zero-order valence-corrected chi connectivity index (χ0v) is 11.6. The summed E-state index contributed by atoms with van der Waals surface area (Å²) in [5.74, 6) is 0. The molecule has 0 radical (unpaired) electrons. The van der Waals surface area contributed by atoms with E-state index < -0.39 is 11.7 Å². The molecule has 0 aromatic heterocycles. The van der Waals surface area contributed by atoms with E-state index in [0.29, 0.717) is 12.3 Å². The molecule has 0 aliphatic carbocycles. The van der Waals surface area contributed by atoms with Gasteiger partial charge in [0.05, 0.1) is 17.7 Å². The van der Waals surface area contributed by atoms with Crippen molar-refractivity contribution in [3.8, 4) is 0 Å². The predicted octanol–water partition coefficient (Wildman–Crippen LogP) is 2.78. The van der Waals surface area contributed by atoms with Crippen molar-refractivity contribution in [3.63, 3.8) is 0 Å². The minimum Gasteiger partial charge on any atom is -0.376 e. The Labute approximate surface area is 116 Å². The van der Waals surface area contributed by atoms with Crippen LogP contribution < -0.4 is 10.6 Å². The smallest absolute Gasteiger partial charge is 0.376 e. The Hall–Kier alpha value is -1.27. The number of nitrogens with two attached hydrogens (primary N) is 1. The van der Waals surface area contributed by atoms with Gasteiger partial charge in [-0.25, -0.2) is 0 Å². The van der Waals surface area contributed by atoms with Crippen molar-refractivity contribution < 1.29 is 17.9 Å². The Bertz CT molecular complexity index is 476. The Morgan fingerprint density at radius 1 is 1.40 bits per heavy atom. The van der Waals surface area contributed by atoms with Crippen LogP contribution in [-0.4, -0.2) is 25.8 Å². The number of nitrogens with zero attached hydrogens (tertiary/aromatic N) is 1. The fraction of sp³-hybridized carbons (Fsp3) is 0.571. The number of halogens is 3. The number of hydrogen-bond donors (Lipinski definition) is 1. The number of anilines is 1. The van der Waals surface area contributed by atoms with Crippen LogP contribution in [0.3, 0.4) is 0 Å². The van der Waals surface area contributed by atoms with Crippen molar-refractivity contribution in [2.45, 2.75) is 38.2 Å². The summed E-state index contributed by atoms with van der Waals surface area (Å²) in [6.45, 7) is 2.46. The van der Waals surface area contributed by atoms with E-state index >= 15 is 0 Å². The Morgan fingerprint density at radius 2 is 2.10 bits per heavy atom. The van der Waals surface area contributed by atoms with Gasteiger partial charge in [0.15, 0.2) is 0 Å². The lowest BCUT2D eigenvalue weighted by Gasteiger charge is -2.29. The second-order valence-electron chi connectivity index (χ2n) is 5.09. The average molecular weight is 288 g/mol. The number of benzene rings is 1. The maximum Gasteiger partial charge on any atom is 0.416 e. The van der Waals surface area contributed by atoms with Crippen molar-refractivity contribution in [2.75, 3.05) is 18.6 Å². The summed E-state index contributed by atoms with van der Waals surface area (Å²) in [5, 5.41) is 0. The third kappa shape index (κ3) is 2.91. The van der Waals surface area contributed by atoms with E-state index in [-0.39, 0.29) is 24.3 Å². The van der Waals surface area contributed by atoms with Gasteiger partial charge in [0.1, 0.15) is 0 Å². The van der Waals surface area contributed by atoms with Crippen molar-refractivity contribution >= 4 is 5.69 Å². The molecule has 1 saturated heterocycles. The van der Waals surface area contributed by atoms with Crippen molar-refractivity contribution in [1.82, 2.24) is 0 Å². The maximum absolute atomic E-state index is 13.0. The van der Waals surface area contributed by atoms with Crippen LogP contribution in [0, 0.1) is 0 Å². The standard InChI is InChI=1S/C14H19F3N2O/c1-9-13(5-6-20-9)19(2)11-4-3-10(8-18)12(7-11)14(15,16)17/h3-4,7,9,13H,5-6,8,18H2,1-2H3. The first kappa shape index (κ1) is 15.1. The van der Waals surface area contributed by atoms with Crippen LogP contribution in [0.15, 0.2) is 18.2 Å². The van der Waals surface area contributed by atoms with Gasteiger partial charge in [-0.2, -0.15) is 13.2 Å². The first-order valence-electron chi connectivity index (χ1n) is 6.59. The van der Waals surface area contributed by atoms with Crippen LogP contribution in [0.25, 0.3) is 0 Å². The lowest BCUT2D eigenvalue weighted by Crippen LogP contribution is -2.36. The quantitative estimate of drug-likeness (QED) is 0.929. The molecular weight excluding hydrogens is 269 g/mol. The second-order valence-corrected chi connectivity index (χ2v) is 5.09. The highest BCUT2D eigenvalue weighted by molar-refractivity contribution is 5.52. The molecule has 6 heteroatoms. The Balaban J connectivity index is 2.33. The highest BCUT2D eigenvalue weighted by atomic mass is 19.4. The zero-order chi connectivity index (χ0) is 14.9. The second kappa shape index (κ2) is 5.61. The van der Waals surface area contributed by atoms with Crippen LogP contribution in [0.5, 0.6) is 0 Å². The molecule has 112 valence electrons. The molecule has 1 aromatic carbocycles. The van der Waals surface area contributed by atoms with Crippen molar-refractivity contribution in [3.05, 3.63) is 29.3 Å². The Morgan fingerprint density at radius 3 is 2.60 bits per heavy atom. The summed E-state index contributed by atoms with van der Waals surface area (Å²) < 4.78 is 44.6. The van der Waals surface area contributed by atoms with Crippen LogP contribution in [0.4, 0.5) is 18.9 Å². The van der Waals surface area contributed by atoms with Crippen LogP contribution in [0.2, 0.25) is 0 Å². The van der Waals surface area contributed by atoms with Gasteiger partial charge >= 0.3 is 6.18 Å². The van der Waals surface area contributed by atoms with Gasteiger partial charge in [0.25, 0.3) is 0 Å². The molecule has 3 nitrogen and oxygen atoms in total. The third-order valence-corrected chi connectivity index (χ3v) is 3.86. The van der Waals surface area contributed by atoms with E-state index in [9.17, 15) is 13.2 Å². The van der Waals surface area contributed by atoms with Crippen molar-refractivity contribution in [1.29, 1.82) is 0 Å². The van der Waals surface area contributed by atoms with Gasteiger partial charge in [0.2, 0.25) is 0 Å². The third-order valence-electron chi connectivity index (χ3n) is 3.86. The summed E-state index contributed by atoms with van der Waals surface area (Å²) in [6.07, 6.45) is -3.55. The number of rotatable bonds is 3. The number of alkyl halides is 3. The number of likely N-dealkylation sites (N-methyl/N-ethyl adjacent to an activating group) is 1. The SMILES string of the molecule is CC1OCCC1N(C)c1ccc(CN)c(C(F)(F)F)c1. The largest absolute Gasteiger partial charge is 0.416 e. The normalized spacial score (nSPS) is 23.1. The first-order chi connectivity index (χ1) is 9.34. The van der Waals surface area contributed by atoms with E-state index in [1.807, 2.05) is 11.8 Å². The van der Waals surface area contributed by atoms with E-state index in [4.69, 9.17) is 10.5 Å². The van der Waals surface area contributed by atoms with Gasteiger partial charge in [-0.15, -0.1) is 0 Å². The average Bonchev–Trinajstić information content (AvgIpc) is 2.82.